The van der Waals surface area contributed by atoms with Crippen LogP contribution in [0.3, 0.4) is 0 Å². The highest BCUT2D eigenvalue weighted by Crippen LogP contribution is 2.42. The van der Waals surface area contributed by atoms with E-state index in [1.807, 2.05) is 38.2 Å². The number of nitrogens with one attached hydrogen (secondary N) is 1. The Bertz CT molecular complexity index is 561. The summed E-state index contributed by atoms with van der Waals surface area (Å²) in [6, 6.07) is 7.91. The van der Waals surface area contributed by atoms with E-state index < -0.39 is 0 Å². The van der Waals surface area contributed by atoms with Gasteiger partial charge in [-0.05, 0) is 49.9 Å². The van der Waals surface area contributed by atoms with Crippen LogP contribution in [-0.4, -0.2) is 23.8 Å². The first-order valence-electron chi connectivity index (χ1n) is 7.05. The van der Waals surface area contributed by atoms with Crippen LogP contribution in [0.5, 0.6) is 0 Å². The lowest BCUT2D eigenvalue weighted by atomic mass is 10.2. The first-order chi connectivity index (χ1) is 9.81. The summed E-state index contributed by atoms with van der Waals surface area (Å²) in [5.41, 5.74) is 1.98. The van der Waals surface area contributed by atoms with Crippen molar-refractivity contribution >= 4 is 5.69 Å². The zero-order chi connectivity index (χ0) is 13.9. The molecule has 20 heavy (non-hydrogen) atoms. The van der Waals surface area contributed by atoms with Crippen molar-refractivity contribution < 1.29 is 9.26 Å². The van der Waals surface area contributed by atoms with Crippen molar-refractivity contribution in [1.82, 2.24) is 10.1 Å². The maximum atomic E-state index is 5.74. The lowest BCUT2D eigenvalue weighted by Crippen LogP contribution is -2.08. The van der Waals surface area contributed by atoms with Gasteiger partial charge in [-0.1, -0.05) is 5.16 Å². The van der Waals surface area contributed by atoms with Crippen LogP contribution in [0, 0.1) is 5.92 Å². The van der Waals surface area contributed by atoms with Crippen molar-refractivity contribution in [1.29, 1.82) is 0 Å². The van der Waals surface area contributed by atoms with E-state index in [9.17, 15) is 0 Å². The Balaban J connectivity index is 1.81. The lowest BCUT2D eigenvalue weighted by Gasteiger charge is -2.10. The van der Waals surface area contributed by atoms with E-state index in [0.717, 1.165) is 11.3 Å². The summed E-state index contributed by atoms with van der Waals surface area (Å²) in [5.74, 6) is 1.77. The number of benzene rings is 1. The molecule has 0 spiro atoms. The monoisotopic (exact) mass is 273 g/mol. The molecule has 1 atom stereocenters. The Morgan fingerprint density at radius 3 is 2.70 bits per heavy atom. The summed E-state index contributed by atoms with van der Waals surface area (Å²) in [7, 11) is 1.89. The Morgan fingerprint density at radius 1 is 1.35 bits per heavy atom. The van der Waals surface area contributed by atoms with Gasteiger partial charge in [-0.2, -0.15) is 4.98 Å². The SMILES string of the molecule is CCOC(c1noc(-c2ccc(NC)cc2)n1)C1CC1. The van der Waals surface area contributed by atoms with Crippen molar-refractivity contribution in [3.63, 3.8) is 0 Å². The number of ether oxygens (including phenoxy) is 1. The largest absolute Gasteiger partial charge is 0.388 e. The van der Waals surface area contributed by atoms with Gasteiger partial charge in [-0.3, -0.25) is 0 Å². The van der Waals surface area contributed by atoms with E-state index in [2.05, 4.69) is 15.5 Å². The zero-order valence-corrected chi connectivity index (χ0v) is 11.8. The van der Waals surface area contributed by atoms with Gasteiger partial charge >= 0.3 is 0 Å². The second-order valence-corrected chi connectivity index (χ2v) is 5.00. The van der Waals surface area contributed by atoms with Gasteiger partial charge in [0.2, 0.25) is 5.82 Å². The molecular formula is C15H19N3O2. The van der Waals surface area contributed by atoms with Crippen LogP contribution in [0.4, 0.5) is 5.69 Å². The standard InChI is InChI=1S/C15H19N3O2/c1-3-19-13(10-4-5-10)14-17-15(20-18-14)11-6-8-12(16-2)9-7-11/h6-10,13,16H,3-5H2,1-2H3. The van der Waals surface area contributed by atoms with Crippen LogP contribution < -0.4 is 5.32 Å². The van der Waals surface area contributed by atoms with E-state index in [4.69, 9.17) is 9.26 Å². The molecule has 0 saturated heterocycles. The minimum absolute atomic E-state index is 0.0194. The van der Waals surface area contributed by atoms with Crippen molar-refractivity contribution in [3.8, 4) is 11.5 Å². The van der Waals surface area contributed by atoms with Crippen molar-refractivity contribution in [3.05, 3.63) is 30.1 Å². The quantitative estimate of drug-likeness (QED) is 0.875. The number of hydrogen-bond acceptors (Lipinski definition) is 5. The summed E-state index contributed by atoms with van der Waals surface area (Å²) in [5, 5.41) is 7.17. The third-order valence-corrected chi connectivity index (χ3v) is 3.51. The topological polar surface area (TPSA) is 60.2 Å². The number of rotatable bonds is 6. The second-order valence-electron chi connectivity index (χ2n) is 5.00. The Morgan fingerprint density at radius 2 is 2.10 bits per heavy atom. The van der Waals surface area contributed by atoms with Gasteiger partial charge in [0.05, 0.1) is 0 Å². The van der Waals surface area contributed by atoms with Gasteiger partial charge in [0.25, 0.3) is 5.89 Å². The maximum absolute atomic E-state index is 5.74. The van der Waals surface area contributed by atoms with Crippen LogP contribution in [0.15, 0.2) is 28.8 Å². The predicted octanol–water partition coefficient (Wildman–Crippen LogP) is 3.27. The van der Waals surface area contributed by atoms with Gasteiger partial charge in [0, 0.05) is 24.9 Å². The fourth-order valence-electron chi connectivity index (χ4n) is 2.25. The number of hydrogen-bond donors (Lipinski definition) is 1. The minimum atomic E-state index is -0.0194. The summed E-state index contributed by atoms with van der Waals surface area (Å²) >= 11 is 0. The molecule has 1 heterocycles. The molecule has 1 saturated carbocycles. The molecule has 0 amide bonds. The van der Waals surface area contributed by atoms with Gasteiger partial charge in [-0.15, -0.1) is 0 Å². The third kappa shape index (κ3) is 2.67. The fourth-order valence-corrected chi connectivity index (χ4v) is 2.25. The molecule has 0 radical (unpaired) electrons. The molecule has 1 aliphatic rings. The summed E-state index contributed by atoms with van der Waals surface area (Å²) in [6.07, 6.45) is 2.35. The number of aromatic nitrogens is 2. The molecule has 5 heteroatoms. The van der Waals surface area contributed by atoms with E-state index in [1.165, 1.54) is 12.8 Å². The van der Waals surface area contributed by atoms with Crippen molar-refractivity contribution in [2.24, 2.45) is 5.92 Å². The minimum Gasteiger partial charge on any atom is -0.388 e. The highest BCUT2D eigenvalue weighted by atomic mass is 16.5. The van der Waals surface area contributed by atoms with Crippen molar-refractivity contribution in [2.75, 3.05) is 19.0 Å². The van der Waals surface area contributed by atoms with Gasteiger partial charge in [-0.25, -0.2) is 0 Å². The molecule has 0 aliphatic heterocycles. The first kappa shape index (κ1) is 13.1. The molecule has 1 aliphatic carbocycles. The van der Waals surface area contributed by atoms with E-state index in [0.29, 0.717) is 24.2 Å². The van der Waals surface area contributed by atoms with Crippen LogP contribution in [0.25, 0.3) is 11.5 Å². The Hall–Kier alpha value is -1.88. The fraction of sp³-hybridized carbons (Fsp3) is 0.467. The third-order valence-electron chi connectivity index (χ3n) is 3.51. The smallest absolute Gasteiger partial charge is 0.258 e. The molecule has 1 fully saturated rings. The molecule has 0 bridgehead atoms. The van der Waals surface area contributed by atoms with Crippen molar-refractivity contribution in [2.45, 2.75) is 25.9 Å². The Labute approximate surface area is 118 Å². The summed E-state index contributed by atoms with van der Waals surface area (Å²) < 4.78 is 11.1. The van der Waals surface area contributed by atoms with E-state index in [-0.39, 0.29) is 6.10 Å². The molecule has 1 aromatic carbocycles. The summed E-state index contributed by atoms with van der Waals surface area (Å²) in [6.45, 7) is 2.66. The molecule has 106 valence electrons. The van der Waals surface area contributed by atoms with Gasteiger partial charge in [0.1, 0.15) is 6.10 Å². The van der Waals surface area contributed by atoms with Crippen LogP contribution >= 0.6 is 0 Å². The molecular weight excluding hydrogens is 254 g/mol. The van der Waals surface area contributed by atoms with E-state index in [1.54, 1.807) is 0 Å². The molecule has 2 aromatic rings. The molecule has 1 aromatic heterocycles. The summed E-state index contributed by atoms with van der Waals surface area (Å²) in [4.78, 5) is 4.49. The van der Waals surface area contributed by atoms with E-state index >= 15 is 0 Å². The average molecular weight is 273 g/mol. The number of anilines is 1. The molecule has 1 N–H and O–H groups in total. The highest BCUT2D eigenvalue weighted by molar-refractivity contribution is 5.58. The zero-order valence-electron chi connectivity index (χ0n) is 11.8. The number of nitrogens with zero attached hydrogens (tertiary/aromatic N) is 2. The molecule has 1 unspecified atom stereocenters. The van der Waals surface area contributed by atoms with Gasteiger partial charge < -0.3 is 14.6 Å². The predicted molar refractivity (Wildman–Crippen MR) is 76.4 cm³/mol. The normalized spacial score (nSPS) is 16.1. The van der Waals surface area contributed by atoms with Gasteiger partial charge in [0.15, 0.2) is 0 Å². The maximum Gasteiger partial charge on any atom is 0.258 e. The van der Waals surface area contributed by atoms with Crippen LogP contribution in [0.2, 0.25) is 0 Å². The average Bonchev–Trinajstić information content (AvgIpc) is 3.21. The van der Waals surface area contributed by atoms with Crippen LogP contribution in [-0.2, 0) is 4.74 Å². The lowest BCUT2D eigenvalue weighted by molar-refractivity contribution is 0.0385. The Kier molecular flexibility index (Phi) is 3.69. The first-order valence-corrected chi connectivity index (χ1v) is 7.05. The second kappa shape index (κ2) is 5.63. The van der Waals surface area contributed by atoms with Crippen LogP contribution in [0.1, 0.15) is 31.7 Å². The molecule has 5 nitrogen and oxygen atoms in total. The highest BCUT2D eigenvalue weighted by Gasteiger charge is 2.36. The molecule has 3 rings (SSSR count).